The molecule has 0 radical (unpaired) electrons. The normalized spacial score (nSPS) is 15.9. The molecule has 24 heavy (non-hydrogen) atoms. The molecule has 6 nitrogen and oxygen atoms in total. The van der Waals surface area contributed by atoms with Gasteiger partial charge in [-0.05, 0) is 18.6 Å². The van der Waals surface area contributed by atoms with Crippen LogP contribution in [-0.4, -0.2) is 64.8 Å². The van der Waals surface area contributed by atoms with Crippen molar-refractivity contribution in [1.29, 1.82) is 0 Å². The molecule has 1 N–H and O–H groups in total. The van der Waals surface area contributed by atoms with Gasteiger partial charge in [0.2, 0.25) is 0 Å². The molecule has 7 heteroatoms. The van der Waals surface area contributed by atoms with E-state index in [1.54, 1.807) is 16.3 Å². The molecule has 0 amide bonds. The average molecular weight is 349 g/mol. The highest BCUT2D eigenvalue weighted by atomic mass is 32.2. The Morgan fingerprint density at radius 1 is 1.21 bits per heavy atom. The third-order valence-electron chi connectivity index (χ3n) is 4.11. The predicted octanol–water partition coefficient (Wildman–Crippen LogP) is 1.20. The summed E-state index contributed by atoms with van der Waals surface area (Å²) in [7, 11) is 0. The minimum Gasteiger partial charge on any atom is -0.396 e. The van der Waals surface area contributed by atoms with Crippen molar-refractivity contribution in [2.75, 3.05) is 45.2 Å². The molecular formula is C17H23N3O3S. The third-order valence-corrected chi connectivity index (χ3v) is 5.07. The smallest absolute Gasteiger partial charge is 0.262 e. The summed E-state index contributed by atoms with van der Waals surface area (Å²) in [6, 6.07) is 7.43. The molecule has 1 aromatic heterocycles. The molecule has 0 unspecified atom stereocenters. The molecule has 2 aromatic rings. The minimum absolute atomic E-state index is 0.0251. The highest BCUT2D eigenvalue weighted by Gasteiger charge is 2.13. The number of ether oxygens (including phenoxy) is 1. The molecule has 1 fully saturated rings. The van der Waals surface area contributed by atoms with E-state index in [9.17, 15) is 4.79 Å². The van der Waals surface area contributed by atoms with E-state index in [0.29, 0.717) is 18.4 Å². The zero-order valence-corrected chi connectivity index (χ0v) is 14.5. The quantitative estimate of drug-likeness (QED) is 0.598. The number of hydrogen-bond acceptors (Lipinski definition) is 6. The Morgan fingerprint density at radius 3 is 2.79 bits per heavy atom. The molecule has 3 rings (SSSR count). The molecule has 0 saturated carbocycles. The van der Waals surface area contributed by atoms with Crippen LogP contribution in [0, 0.1) is 0 Å². The molecule has 0 atom stereocenters. The standard InChI is InChI=1S/C17H23N3O3S/c21-10-3-6-20-16(22)14-4-1-2-5-15(14)18-17(20)24-13-9-19-7-11-23-12-8-19/h1-2,4-5,21H,3,6-13H2. The molecular weight excluding hydrogens is 326 g/mol. The van der Waals surface area contributed by atoms with Crippen LogP contribution >= 0.6 is 11.8 Å². The van der Waals surface area contributed by atoms with Crippen molar-refractivity contribution >= 4 is 22.7 Å². The first-order valence-electron chi connectivity index (χ1n) is 8.33. The van der Waals surface area contributed by atoms with Gasteiger partial charge < -0.3 is 9.84 Å². The van der Waals surface area contributed by atoms with Gasteiger partial charge in [-0.2, -0.15) is 0 Å². The van der Waals surface area contributed by atoms with Gasteiger partial charge >= 0.3 is 0 Å². The Hall–Kier alpha value is -1.41. The number of rotatable bonds is 7. The number of aromatic nitrogens is 2. The van der Waals surface area contributed by atoms with Gasteiger partial charge in [0, 0.05) is 38.5 Å². The molecule has 1 aliphatic heterocycles. The number of benzene rings is 1. The number of fused-ring (bicyclic) bond motifs is 1. The molecule has 1 aromatic carbocycles. The zero-order chi connectivity index (χ0) is 16.8. The van der Waals surface area contributed by atoms with Crippen LogP contribution in [0.3, 0.4) is 0 Å². The van der Waals surface area contributed by atoms with Crippen molar-refractivity contribution in [2.45, 2.75) is 18.1 Å². The van der Waals surface area contributed by atoms with Crippen LogP contribution in [0.1, 0.15) is 6.42 Å². The first kappa shape index (κ1) is 17.4. The van der Waals surface area contributed by atoms with Crippen molar-refractivity contribution < 1.29 is 9.84 Å². The average Bonchev–Trinajstić information content (AvgIpc) is 2.62. The van der Waals surface area contributed by atoms with E-state index in [1.165, 1.54) is 0 Å². The lowest BCUT2D eigenvalue weighted by atomic mass is 10.2. The number of nitrogens with zero attached hydrogens (tertiary/aromatic N) is 3. The molecule has 1 aliphatic rings. The van der Waals surface area contributed by atoms with Crippen LogP contribution in [0.4, 0.5) is 0 Å². The van der Waals surface area contributed by atoms with Gasteiger partial charge in [-0.15, -0.1) is 0 Å². The van der Waals surface area contributed by atoms with E-state index in [0.717, 1.165) is 49.3 Å². The fourth-order valence-electron chi connectivity index (χ4n) is 2.77. The summed E-state index contributed by atoms with van der Waals surface area (Å²) in [5.41, 5.74) is 0.708. The number of morpholine rings is 1. The molecule has 0 bridgehead atoms. The van der Waals surface area contributed by atoms with Gasteiger partial charge in [-0.3, -0.25) is 14.3 Å². The van der Waals surface area contributed by atoms with Crippen LogP contribution < -0.4 is 5.56 Å². The van der Waals surface area contributed by atoms with Gasteiger partial charge in [0.25, 0.3) is 5.56 Å². The maximum absolute atomic E-state index is 12.7. The lowest BCUT2D eigenvalue weighted by Crippen LogP contribution is -2.37. The number of aliphatic hydroxyl groups excluding tert-OH is 1. The van der Waals surface area contributed by atoms with Crippen molar-refractivity contribution in [2.24, 2.45) is 0 Å². The number of para-hydroxylation sites is 1. The van der Waals surface area contributed by atoms with E-state index in [-0.39, 0.29) is 12.2 Å². The van der Waals surface area contributed by atoms with Gasteiger partial charge in [0.05, 0.1) is 24.1 Å². The SMILES string of the molecule is O=c1c2ccccc2nc(SCCN2CCOCC2)n1CCCO. The van der Waals surface area contributed by atoms with Crippen molar-refractivity contribution in [3.63, 3.8) is 0 Å². The predicted molar refractivity (Wildman–Crippen MR) is 95.7 cm³/mol. The summed E-state index contributed by atoms with van der Waals surface area (Å²) in [4.78, 5) is 19.8. The lowest BCUT2D eigenvalue weighted by molar-refractivity contribution is 0.0410. The summed E-state index contributed by atoms with van der Waals surface area (Å²) in [6.07, 6.45) is 0.553. The van der Waals surface area contributed by atoms with Crippen LogP contribution in [0.5, 0.6) is 0 Å². The zero-order valence-electron chi connectivity index (χ0n) is 13.7. The number of aliphatic hydroxyl groups is 1. The maximum atomic E-state index is 12.7. The fraction of sp³-hybridized carbons (Fsp3) is 0.529. The Morgan fingerprint density at radius 2 is 2.00 bits per heavy atom. The molecule has 130 valence electrons. The summed E-state index contributed by atoms with van der Waals surface area (Å²) in [5, 5.41) is 10.5. The maximum Gasteiger partial charge on any atom is 0.262 e. The molecule has 2 heterocycles. The Balaban J connectivity index is 1.77. The lowest BCUT2D eigenvalue weighted by Gasteiger charge is -2.26. The summed E-state index contributed by atoms with van der Waals surface area (Å²) >= 11 is 1.61. The largest absolute Gasteiger partial charge is 0.396 e. The third kappa shape index (κ3) is 4.16. The summed E-state index contributed by atoms with van der Waals surface area (Å²) in [6.45, 7) is 5.02. The Labute approximate surface area is 145 Å². The van der Waals surface area contributed by atoms with E-state index in [1.807, 2.05) is 24.3 Å². The van der Waals surface area contributed by atoms with Gasteiger partial charge in [0.15, 0.2) is 5.16 Å². The number of hydrogen-bond donors (Lipinski definition) is 1. The first-order chi connectivity index (χ1) is 11.8. The second-order valence-corrected chi connectivity index (χ2v) is 6.81. The van der Waals surface area contributed by atoms with Crippen LogP contribution in [0.15, 0.2) is 34.2 Å². The Kier molecular flexibility index (Phi) is 6.25. The highest BCUT2D eigenvalue weighted by molar-refractivity contribution is 7.99. The topological polar surface area (TPSA) is 67.6 Å². The second-order valence-electron chi connectivity index (χ2n) is 5.75. The van der Waals surface area contributed by atoms with Gasteiger partial charge in [0.1, 0.15) is 0 Å². The van der Waals surface area contributed by atoms with E-state index < -0.39 is 0 Å². The molecule has 0 aliphatic carbocycles. The van der Waals surface area contributed by atoms with Gasteiger partial charge in [-0.25, -0.2) is 4.98 Å². The van der Waals surface area contributed by atoms with Gasteiger partial charge in [-0.1, -0.05) is 23.9 Å². The minimum atomic E-state index is -0.0251. The van der Waals surface area contributed by atoms with E-state index >= 15 is 0 Å². The first-order valence-corrected chi connectivity index (χ1v) is 9.31. The Bertz CT molecular complexity index is 729. The number of thioether (sulfide) groups is 1. The van der Waals surface area contributed by atoms with Crippen LogP contribution in [-0.2, 0) is 11.3 Å². The van der Waals surface area contributed by atoms with Crippen LogP contribution in [0.2, 0.25) is 0 Å². The van der Waals surface area contributed by atoms with Crippen molar-refractivity contribution in [1.82, 2.24) is 14.5 Å². The van der Waals surface area contributed by atoms with Crippen molar-refractivity contribution in [3.8, 4) is 0 Å². The van der Waals surface area contributed by atoms with Crippen molar-refractivity contribution in [3.05, 3.63) is 34.6 Å². The summed E-state index contributed by atoms with van der Waals surface area (Å²) < 4.78 is 7.06. The molecule has 0 spiro atoms. The van der Waals surface area contributed by atoms with E-state index in [2.05, 4.69) is 9.88 Å². The fourth-order valence-corrected chi connectivity index (χ4v) is 3.80. The van der Waals surface area contributed by atoms with Crippen LogP contribution in [0.25, 0.3) is 10.9 Å². The monoisotopic (exact) mass is 349 g/mol. The second kappa shape index (κ2) is 8.62. The molecule has 1 saturated heterocycles. The highest BCUT2D eigenvalue weighted by Crippen LogP contribution is 2.18. The van der Waals surface area contributed by atoms with E-state index in [4.69, 9.17) is 9.84 Å². The summed E-state index contributed by atoms with van der Waals surface area (Å²) in [5.74, 6) is 0.879.